The molecule has 0 fully saturated rings. The maximum atomic E-state index is 13.1. The number of rotatable bonds is 4. The molecule has 0 unspecified atom stereocenters. The van der Waals surface area contributed by atoms with E-state index in [1.165, 1.54) is 6.20 Å². The lowest BCUT2D eigenvalue weighted by Crippen LogP contribution is -2.24. The van der Waals surface area contributed by atoms with Gasteiger partial charge < -0.3 is 5.32 Å². The van der Waals surface area contributed by atoms with Gasteiger partial charge in [0.15, 0.2) is 17.1 Å². The number of halogens is 4. The van der Waals surface area contributed by atoms with Gasteiger partial charge in [-0.15, -0.1) is 10.2 Å². The average Bonchev–Trinajstić information content (AvgIpc) is 3.29. The Hall–Kier alpha value is -3.21. The van der Waals surface area contributed by atoms with Crippen LogP contribution in [0.3, 0.4) is 0 Å². The van der Waals surface area contributed by atoms with E-state index in [4.69, 9.17) is 11.6 Å². The number of carbonyl (C=O) groups excluding carboxylic acids is 1. The van der Waals surface area contributed by atoms with Gasteiger partial charge in [-0.1, -0.05) is 11.6 Å². The molecule has 4 rings (SSSR count). The predicted octanol–water partition coefficient (Wildman–Crippen LogP) is 3.66. The zero-order chi connectivity index (χ0) is 21.6. The molecule has 8 nitrogen and oxygen atoms in total. The normalized spacial score (nSPS) is 12.2. The molecular formula is C18H15ClF3N7O. The zero-order valence-electron chi connectivity index (χ0n) is 15.8. The second kappa shape index (κ2) is 7.24. The molecule has 1 amide bonds. The highest BCUT2D eigenvalue weighted by Gasteiger charge is 2.32. The van der Waals surface area contributed by atoms with E-state index in [-0.39, 0.29) is 34.6 Å². The lowest BCUT2D eigenvalue weighted by Gasteiger charge is -2.09. The molecule has 0 aliphatic carbocycles. The molecule has 0 aliphatic rings. The number of nitrogens with zero attached hydrogens (tertiary/aromatic N) is 6. The minimum absolute atomic E-state index is 0.0677. The zero-order valence-corrected chi connectivity index (χ0v) is 16.5. The fraction of sp³-hybridized carbons (Fsp3) is 0.278. The summed E-state index contributed by atoms with van der Waals surface area (Å²) >= 11 is 5.89. The molecule has 30 heavy (non-hydrogen) atoms. The fourth-order valence-corrected chi connectivity index (χ4v) is 3.23. The third-order valence-corrected chi connectivity index (χ3v) is 4.73. The number of amides is 1. The minimum Gasteiger partial charge on any atom is -0.345 e. The second-order valence-electron chi connectivity index (χ2n) is 6.89. The molecule has 0 saturated carbocycles. The first-order valence-corrected chi connectivity index (χ1v) is 9.24. The smallest absolute Gasteiger partial charge is 0.345 e. The number of carbonyl (C=O) groups is 1. The third-order valence-electron chi connectivity index (χ3n) is 4.45. The van der Waals surface area contributed by atoms with Gasteiger partial charge in [0, 0.05) is 23.8 Å². The van der Waals surface area contributed by atoms with Crippen LogP contribution in [0.15, 0.2) is 30.7 Å². The first kappa shape index (κ1) is 20.1. The average molecular weight is 438 g/mol. The molecular weight excluding hydrogens is 423 g/mol. The largest absolute Gasteiger partial charge is 0.417 e. The molecule has 0 aromatic carbocycles. The van der Waals surface area contributed by atoms with Crippen LogP contribution >= 0.6 is 11.6 Å². The molecule has 0 atom stereocenters. The second-order valence-corrected chi connectivity index (χ2v) is 7.29. The van der Waals surface area contributed by atoms with E-state index < -0.39 is 17.6 Å². The molecule has 4 heterocycles. The third kappa shape index (κ3) is 3.56. The summed E-state index contributed by atoms with van der Waals surface area (Å²) in [5.41, 5.74) is 0.0651. The molecule has 1 N–H and O–H groups in total. The summed E-state index contributed by atoms with van der Waals surface area (Å²) in [7, 11) is 0. The Kier molecular flexibility index (Phi) is 4.85. The summed E-state index contributed by atoms with van der Waals surface area (Å²) in [4.78, 5) is 16.8. The summed E-state index contributed by atoms with van der Waals surface area (Å²) in [6.07, 6.45) is -0.703. The first-order valence-electron chi connectivity index (χ1n) is 8.87. The molecule has 12 heteroatoms. The van der Waals surface area contributed by atoms with Gasteiger partial charge in [0.2, 0.25) is 0 Å². The first-order chi connectivity index (χ1) is 14.1. The Morgan fingerprint density at radius 3 is 2.67 bits per heavy atom. The van der Waals surface area contributed by atoms with Crippen molar-refractivity contribution >= 4 is 34.2 Å². The van der Waals surface area contributed by atoms with Crippen molar-refractivity contribution in [1.29, 1.82) is 0 Å². The quantitative estimate of drug-likeness (QED) is 0.526. The summed E-state index contributed by atoms with van der Waals surface area (Å²) in [6, 6.07) is 2.54. The van der Waals surface area contributed by atoms with E-state index >= 15 is 0 Å². The van der Waals surface area contributed by atoms with Crippen molar-refractivity contribution < 1.29 is 18.0 Å². The highest BCUT2D eigenvalue weighted by molar-refractivity contribution is 6.33. The molecule has 4 aromatic rings. The van der Waals surface area contributed by atoms with Crippen molar-refractivity contribution in [3.05, 3.63) is 52.7 Å². The van der Waals surface area contributed by atoms with Crippen LogP contribution in [-0.4, -0.2) is 35.3 Å². The number of hydrogen-bond donors (Lipinski definition) is 1. The Morgan fingerprint density at radius 2 is 1.97 bits per heavy atom. The van der Waals surface area contributed by atoms with Crippen molar-refractivity contribution in [2.75, 3.05) is 0 Å². The molecule has 0 spiro atoms. The van der Waals surface area contributed by atoms with Crippen LogP contribution in [0.25, 0.3) is 16.7 Å². The summed E-state index contributed by atoms with van der Waals surface area (Å²) < 4.78 is 42.0. The Bertz CT molecular complexity index is 1260. The van der Waals surface area contributed by atoms with Crippen LogP contribution in [0.1, 0.15) is 41.6 Å². The highest BCUT2D eigenvalue weighted by Crippen LogP contribution is 2.32. The summed E-state index contributed by atoms with van der Waals surface area (Å²) in [5, 5.41) is 15.0. The van der Waals surface area contributed by atoms with Crippen LogP contribution in [0.5, 0.6) is 0 Å². The summed E-state index contributed by atoms with van der Waals surface area (Å²) in [6.45, 7) is 3.78. The monoisotopic (exact) mass is 437 g/mol. The van der Waals surface area contributed by atoms with Crippen LogP contribution in [-0.2, 0) is 12.7 Å². The van der Waals surface area contributed by atoms with Crippen molar-refractivity contribution in [2.24, 2.45) is 0 Å². The number of pyridine rings is 2. The van der Waals surface area contributed by atoms with E-state index in [2.05, 4.69) is 25.6 Å². The van der Waals surface area contributed by atoms with E-state index in [0.717, 1.165) is 16.7 Å². The Labute approximate surface area is 172 Å². The van der Waals surface area contributed by atoms with E-state index in [1.807, 2.05) is 13.8 Å². The van der Waals surface area contributed by atoms with Crippen LogP contribution < -0.4 is 5.32 Å². The number of alkyl halides is 3. The van der Waals surface area contributed by atoms with Crippen LogP contribution in [0, 0.1) is 0 Å². The van der Waals surface area contributed by atoms with Gasteiger partial charge in [0.1, 0.15) is 0 Å². The number of hydrogen-bond acceptors (Lipinski definition) is 5. The topological polar surface area (TPSA) is 90.0 Å². The van der Waals surface area contributed by atoms with Gasteiger partial charge in [-0.2, -0.15) is 18.3 Å². The fourth-order valence-electron chi connectivity index (χ4n) is 2.98. The Morgan fingerprint density at radius 1 is 1.20 bits per heavy atom. The molecule has 0 saturated heterocycles. The molecule has 156 valence electrons. The van der Waals surface area contributed by atoms with E-state index in [9.17, 15) is 18.0 Å². The van der Waals surface area contributed by atoms with Crippen LogP contribution in [0.4, 0.5) is 13.2 Å². The number of aromatic nitrogens is 6. The SMILES string of the molecule is CC(C)n1ncc2cc(C(=O)NCc3nnc4c(Cl)cc(C(F)(F)F)cn34)cnc21. The number of fused-ring (bicyclic) bond motifs is 2. The molecule has 4 aromatic heterocycles. The van der Waals surface area contributed by atoms with Gasteiger partial charge in [0.05, 0.1) is 28.9 Å². The summed E-state index contributed by atoms with van der Waals surface area (Å²) in [5.74, 6) is -0.357. The van der Waals surface area contributed by atoms with E-state index in [1.54, 1.807) is 16.9 Å². The molecule has 0 bridgehead atoms. The van der Waals surface area contributed by atoms with Crippen LogP contribution in [0.2, 0.25) is 5.02 Å². The maximum absolute atomic E-state index is 13.1. The van der Waals surface area contributed by atoms with Gasteiger partial charge in [-0.05, 0) is 26.0 Å². The molecule has 0 aliphatic heterocycles. The van der Waals surface area contributed by atoms with Gasteiger partial charge >= 0.3 is 6.18 Å². The van der Waals surface area contributed by atoms with Gasteiger partial charge in [-0.25, -0.2) is 9.67 Å². The lowest BCUT2D eigenvalue weighted by atomic mass is 10.2. The standard InChI is InChI=1S/C18H15ClF3N7O/c1-9(2)29-15-10(6-25-29)3-11(5-23-15)17(30)24-7-14-26-27-16-13(19)4-12(8-28(14)16)18(20,21)22/h3-6,8-9H,7H2,1-2H3,(H,24,30). The number of nitrogens with one attached hydrogen (secondary N) is 1. The van der Waals surface area contributed by atoms with Gasteiger partial charge in [-0.3, -0.25) is 9.20 Å². The van der Waals surface area contributed by atoms with Crippen molar-refractivity contribution in [2.45, 2.75) is 32.6 Å². The minimum atomic E-state index is -4.58. The Balaban J connectivity index is 1.57. The predicted molar refractivity (Wildman–Crippen MR) is 102 cm³/mol. The maximum Gasteiger partial charge on any atom is 0.417 e. The van der Waals surface area contributed by atoms with Crippen molar-refractivity contribution in [1.82, 2.24) is 34.7 Å². The van der Waals surface area contributed by atoms with Gasteiger partial charge in [0.25, 0.3) is 5.91 Å². The van der Waals surface area contributed by atoms with E-state index in [0.29, 0.717) is 11.0 Å². The van der Waals surface area contributed by atoms with Crippen molar-refractivity contribution in [3.8, 4) is 0 Å². The molecule has 0 radical (unpaired) electrons. The van der Waals surface area contributed by atoms with Crippen molar-refractivity contribution in [3.63, 3.8) is 0 Å². The highest BCUT2D eigenvalue weighted by atomic mass is 35.5. The lowest BCUT2D eigenvalue weighted by molar-refractivity contribution is -0.137.